The lowest BCUT2D eigenvalue weighted by Crippen LogP contribution is -2.44. The number of benzene rings is 1. The van der Waals surface area contributed by atoms with E-state index in [2.05, 4.69) is 0 Å². The Kier molecular flexibility index (Phi) is 3.73. The van der Waals surface area contributed by atoms with E-state index >= 15 is 0 Å². The molecule has 1 rings (SSSR count). The Hall–Kier alpha value is -2.26. The van der Waals surface area contributed by atoms with Gasteiger partial charge in [0.15, 0.2) is 5.71 Å². The lowest BCUT2D eigenvalue weighted by atomic mass is 10.0. The Labute approximate surface area is 102 Å². The molecule has 1 N–H and O–H groups in total. The standard InChI is InChI=1S/C9H5F5N2O3/c10-8(11,9(12,13)14)7(15-17)5-2-1-3-6(4-5)16(18)19/h1-4,17H. The summed E-state index contributed by atoms with van der Waals surface area (Å²) in [7, 11) is 0. The SMILES string of the molecule is O=[N+]([O-])c1cccc(C(=NO)C(F)(F)C(F)(F)F)c1. The Bertz CT molecular complexity index is 527. The Morgan fingerprint density at radius 3 is 2.26 bits per heavy atom. The Balaban J connectivity index is 3.34. The number of nitro groups is 1. The maximum absolute atomic E-state index is 13.0. The van der Waals surface area contributed by atoms with Crippen LogP contribution in [-0.2, 0) is 0 Å². The second-order valence-corrected chi connectivity index (χ2v) is 3.33. The van der Waals surface area contributed by atoms with Crippen molar-refractivity contribution in [3.05, 3.63) is 39.9 Å². The van der Waals surface area contributed by atoms with Gasteiger partial charge in [0.05, 0.1) is 4.92 Å². The summed E-state index contributed by atoms with van der Waals surface area (Å²) < 4.78 is 62.5. The van der Waals surface area contributed by atoms with E-state index in [1.807, 2.05) is 5.16 Å². The molecular formula is C9H5F5N2O3. The van der Waals surface area contributed by atoms with Gasteiger partial charge in [0, 0.05) is 17.7 Å². The molecule has 0 aliphatic heterocycles. The minimum Gasteiger partial charge on any atom is -0.410 e. The van der Waals surface area contributed by atoms with Crippen LogP contribution in [0.1, 0.15) is 5.56 Å². The number of halogens is 5. The second-order valence-electron chi connectivity index (χ2n) is 3.33. The zero-order valence-corrected chi connectivity index (χ0v) is 8.86. The summed E-state index contributed by atoms with van der Waals surface area (Å²) in [5.74, 6) is -5.43. The van der Waals surface area contributed by atoms with Gasteiger partial charge in [0.2, 0.25) is 0 Å². The zero-order valence-electron chi connectivity index (χ0n) is 8.86. The predicted octanol–water partition coefficient (Wildman–Crippen LogP) is 2.97. The van der Waals surface area contributed by atoms with Crippen molar-refractivity contribution in [3.63, 3.8) is 0 Å². The van der Waals surface area contributed by atoms with Gasteiger partial charge in [-0.1, -0.05) is 17.3 Å². The third-order valence-electron chi connectivity index (χ3n) is 2.08. The molecule has 104 valence electrons. The topological polar surface area (TPSA) is 75.7 Å². The van der Waals surface area contributed by atoms with Crippen LogP contribution in [0, 0.1) is 10.1 Å². The van der Waals surface area contributed by atoms with Crippen LogP contribution in [0.5, 0.6) is 0 Å². The molecular weight excluding hydrogens is 279 g/mol. The van der Waals surface area contributed by atoms with Crippen LogP contribution < -0.4 is 0 Å². The summed E-state index contributed by atoms with van der Waals surface area (Å²) in [6.45, 7) is 0. The fourth-order valence-corrected chi connectivity index (χ4v) is 1.20. The highest BCUT2D eigenvalue weighted by atomic mass is 19.4. The monoisotopic (exact) mass is 284 g/mol. The maximum atomic E-state index is 13.0. The number of hydrogen-bond acceptors (Lipinski definition) is 4. The van der Waals surface area contributed by atoms with E-state index in [1.54, 1.807) is 0 Å². The van der Waals surface area contributed by atoms with E-state index in [9.17, 15) is 32.1 Å². The molecule has 0 fully saturated rings. The molecule has 0 spiro atoms. The number of hydrogen-bond donors (Lipinski definition) is 1. The molecule has 0 saturated heterocycles. The first kappa shape index (κ1) is 14.8. The molecule has 0 heterocycles. The smallest absolute Gasteiger partial charge is 0.410 e. The first-order chi connectivity index (χ1) is 8.61. The fraction of sp³-hybridized carbons (Fsp3) is 0.222. The van der Waals surface area contributed by atoms with Gasteiger partial charge < -0.3 is 5.21 Å². The van der Waals surface area contributed by atoms with E-state index < -0.39 is 34.0 Å². The van der Waals surface area contributed by atoms with E-state index in [4.69, 9.17) is 5.21 Å². The predicted molar refractivity (Wildman–Crippen MR) is 52.4 cm³/mol. The van der Waals surface area contributed by atoms with Gasteiger partial charge in [-0.3, -0.25) is 10.1 Å². The van der Waals surface area contributed by atoms with E-state index in [0.29, 0.717) is 6.07 Å². The van der Waals surface area contributed by atoms with Crippen LogP contribution in [0.2, 0.25) is 0 Å². The number of rotatable bonds is 3. The number of non-ortho nitro benzene ring substituents is 1. The van der Waals surface area contributed by atoms with E-state index in [-0.39, 0.29) is 0 Å². The van der Waals surface area contributed by atoms with Gasteiger partial charge in [0.1, 0.15) is 0 Å². The quantitative estimate of drug-likeness (QED) is 0.305. The van der Waals surface area contributed by atoms with Crippen molar-refractivity contribution in [2.24, 2.45) is 5.16 Å². The van der Waals surface area contributed by atoms with Crippen LogP contribution in [0.15, 0.2) is 29.4 Å². The summed E-state index contributed by atoms with van der Waals surface area (Å²) in [5.41, 5.74) is -3.63. The van der Waals surface area contributed by atoms with Crippen LogP contribution >= 0.6 is 0 Å². The third-order valence-corrected chi connectivity index (χ3v) is 2.08. The Morgan fingerprint density at radius 1 is 1.26 bits per heavy atom. The van der Waals surface area contributed by atoms with Crippen LogP contribution in [0.3, 0.4) is 0 Å². The summed E-state index contributed by atoms with van der Waals surface area (Å²) in [6, 6.07) is 2.98. The second kappa shape index (κ2) is 4.78. The lowest BCUT2D eigenvalue weighted by Gasteiger charge is -2.20. The molecule has 1 aromatic rings. The summed E-state index contributed by atoms with van der Waals surface area (Å²) in [5, 5.41) is 20.7. The summed E-state index contributed by atoms with van der Waals surface area (Å²) >= 11 is 0. The molecule has 10 heteroatoms. The summed E-state index contributed by atoms with van der Waals surface area (Å²) in [6.07, 6.45) is -5.99. The van der Waals surface area contributed by atoms with Crippen molar-refractivity contribution < 1.29 is 32.1 Å². The number of alkyl halides is 5. The van der Waals surface area contributed by atoms with Crippen LogP contribution in [0.4, 0.5) is 27.6 Å². The van der Waals surface area contributed by atoms with E-state index in [0.717, 1.165) is 18.2 Å². The zero-order chi connectivity index (χ0) is 14.8. The molecule has 0 aliphatic rings. The van der Waals surface area contributed by atoms with Gasteiger partial charge >= 0.3 is 12.1 Å². The molecule has 0 amide bonds. The number of nitrogens with zero attached hydrogens (tertiary/aromatic N) is 2. The molecule has 0 aliphatic carbocycles. The number of nitro benzene ring substituents is 1. The molecule has 5 nitrogen and oxygen atoms in total. The fourth-order valence-electron chi connectivity index (χ4n) is 1.20. The van der Waals surface area contributed by atoms with Crippen molar-refractivity contribution in [1.29, 1.82) is 0 Å². The molecule has 0 bridgehead atoms. The van der Waals surface area contributed by atoms with E-state index in [1.165, 1.54) is 0 Å². The van der Waals surface area contributed by atoms with Gasteiger partial charge in [0.25, 0.3) is 5.69 Å². The molecule has 0 radical (unpaired) electrons. The maximum Gasteiger partial charge on any atom is 0.459 e. The van der Waals surface area contributed by atoms with Crippen molar-refractivity contribution in [3.8, 4) is 0 Å². The highest BCUT2D eigenvalue weighted by Crippen LogP contribution is 2.38. The summed E-state index contributed by atoms with van der Waals surface area (Å²) in [4.78, 5) is 9.42. The van der Waals surface area contributed by atoms with Crippen LogP contribution in [-0.4, -0.2) is 27.9 Å². The van der Waals surface area contributed by atoms with Crippen molar-refractivity contribution in [2.45, 2.75) is 12.1 Å². The van der Waals surface area contributed by atoms with Gasteiger partial charge in [-0.2, -0.15) is 22.0 Å². The van der Waals surface area contributed by atoms with Gasteiger partial charge in [-0.05, 0) is 0 Å². The molecule has 0 atom stereocenters. The molecule has 0 aromatic heterocycles. The first-order valence-electron chi connectivity index (χ1n) is 4.53. The average molecular weight is 284 g/mol. The molecule has 1 aromatic carbocycles. The average Bonchev–Trinajstić information content (AvgIpc) is 2.28. The van der Waals surface area contributed by atoms with Crippen molar-refractivity contribution >= 4 is 11.4 Å². The molecule has 19 heavy (non-hydrogen) atoms. The minimum absolute atomic E-state index is 0.453. The first-order valence-corrected chi connectivity index (χ1v) is 4.53. The highest BCUT2D eigenvalue weighted by molar-refractivity contribution is 6.06. The van der Waals surface area contributed by atoms with Crippen molar-refractivity contribution in [2.75, 3.05) is 0 Å². The lowest BCUT2D eigenvalue weighted by molar-refractivity contribution is -0.384. The normalized spacial score (nSPS) is 13.4. The van der Waals surface area contributed by atoms with Gasteiger partial charge in [-0.25, -0.2) is 0 Å². The van der Waals surface area contributed by atoms with Crippen LogP contribution in [0.25, 0.3) is 0 Å². The highest BCUT2D eigenvalue weighted by Gasteiger charge is 2.62. The third kappa shape index (κ3) is 2.77. The largest absolute Gasteiger partial charge is 0.459 e. The molecule has 0 saturated carbocycles. The van der Waals surface area contributed by atoms with Gasteiger partial charge in [-0.15, -0.1) is 0 Å². The van der Waals surface area contributed by atoms with Crippen molar-refractivity contribution in [1.82, 2.24) is 0 Å². The molecule has 0 unspecified atom stereocenters. The number of oxime groups is 1. The minimum atomic E-state index is -5.99. The Morgan fingerprint density at radius 2 is 1.84 bits per heavy atom.